The number of ether oxygens (including phenoxy) is 1. The van der Waals surface area contributed by atoms with Gasteiger partial charge in [-0.2, -0.15) is 0 Å². The summed E-state index contributed by atoms with van der Waals surface area (Å²) in [4.78, 5) is 35.3. The van der Waals surface area contributed by atoms with Gasteiger partial charge in [0.05, 0.1) is 5.56 Å². The maximum Gasteiger partial charge on any atom is 0.338 e. The molecule has 3 amide bonds. The van der Waals surface area contributed by atoms with Crippen molar-refractivity contribution in [3.05, 3.63) is 34.9 Å². The van der Waals surface area contributed by atoms with E-state index in [9.17, 15) is 14.4 Å². The molecular weight excluding hydrogens is 320 g/mol. The van der Waals surface area contributed by atoms with Gasteiger partial charge in [-0.25, -0.2) is 9.59 Å². The van der Waals surface area contributed by atoms with Crippen LogP contribution in [0.1, 0.15) is 54.6 Å². The van der Waals surface area contributed by atoms with E-state index in [1.54, 1.807) is 6.07 Å². The van der Waals surface area contributed by atoms with Crippen molar-refractivity contribution in [2.75, 3.05) is 13.2 Å². The molecule has 1 aliphatic rings. The number of rotatable bonds is 6. The minimum atomic E-state index is -0.645. The van der Waals surface area contributed by atoms with E-state index >= 15 is 0 Å². The molecule has 0 spiro atoms. The molecule has 0 saturated carbocycles. The Kier molecular flexibility index (Phi) is 6.98. The highest BCUT2D eigenvalue weighted by molar-refractivity contribution is 5.97. The van der Waals surface area contributed by atoms with Gasteiger partial charge in [0.2, 0.25) is 0 Å². The van der Waals surface area contributed by atoms with Crippen LogP contribution in [0.2, 0.25) is 0 Å². The van der Waals surface area contributed by atoms with Crippen molar-refractivity contribution in [3.63, 3.8) is 0 Å². The number of amides is 3. The zero-order valence-corrected chi connectivity index (χ0v) is 14.9. The highest BCUT2D eigenvalue weighted by Gasteiger charge is 2.15. The summed E-state index contributed by atoms with van der Waals surface area (Å²) in [5.41, 5.74) is 2.89. The lowest BCUT2D eigenvalue weighted by Crippen LogP contribution is -2.42. The number of urea groups is 1. The number of benzene rings is 1. The summed E-state index contributed by atoms with van der Waals surface area (Å²) in [6.45, 7) is 4.11. The zero-order chi connectivity index (χ0) is 18.2. The molecule has 25 heavy (non-hydrogen) atoms. The molecule has 0 aromatic heterocycles. The summed E-state index contributed by atoms with van der Waals surface area (Å²) in [6.07, 6.45) is 5.14. The summed E-state index contributed by atoms with van der Waals surface area (Å²) in [6, 6.07) is 4.94. The van der Waals surface area contributed by atoms with Crippen molar-refractivity contribution < 1.29 is 19.1 Å². The first kappa shape index (κ1) is 19.0. The molecule has 0 fully saturated rings. The SMILES string of the molecule is CC(C)CCNC(=O)NC(=O)COC(=O)c1ccc2c(c1)CCCC2. The van der Waals surface area contributed by atoms with Crippen LogP contribution in [0.5, 0.6) is 0 Å². The zero-order valence-electron chi connectivity index (χ0n) is 14.9. The van der Waals surface area contributed by atoms with Crippen LogP contribution < -0.4 is 10.6 Å². The fourth-order valence-electron chi connectivity index (χ4n) is 2.76. The van der Waals surface area contributed by atoms with Gasteiger partial charge in [0.25, 0.3) is 5.91 Å². The third-order valence-electron chi connectivity index (χ3n) is 4.18. The van der Waals surface area contributed by atoms with E-state index < -0.39 is 24.5 Å². The third-order valence-corrected chi connectivity index (χ3v) is 4.18. The van der Waals surface area contributed by atoms with E-state index in [-0.39, 0.29) is 0 Å². The Bertz CT molecular complexity index is 640. The highest BCUT2D eigenvalue weighted by atomic mass is 16.5. The van der Waals surface area contributed by atoms with E-state index in [1.165, 1.54) is 17.5 Å². The van der Waals surface area contributed by atoms with Crippen molar-refractivity contribution in [2.45, 2.75) is 46.0 Å². The second-order valence-electron chi connectivity index (χ2n) is 6.75. The Balaban J connectivity index is 1.75. The first-order valence-corrected chi connectivity index (χ1v) is 8.82. The number of hydrogen-bond acceptors (Lipinski definition) is 4. The molecule has 6 heteroatoms. The molecule has 0 atom stereocenters. The van der Waals surface area contributed by atoms with Gasteiger partial charge in [0.15, 0.2) is 6.61 Å². The Morgan fingerprint density at radius 3 is 2.56 bits per heavy atom. The fraction of sp³-hybridized carbons (Fsp3) is 0.526. The molecule has 136 valence electrons. The molecule has 0 saturated heterocycles. The van der Waals surface area contributed by atoms with Crippen LogP contribution in [-0.2, 0) is 22.4 Å². The summed E-state index contributed by atoms with van der Waals surface area (Å²) in [5, 5.41) is 4.73. The third kappa shape index (κ3) is 6.21. The van der Waals surface area contributed by atoms with Crippen LogP contribution in [0.4, 0.5) is 4.79 Å². The van der Waals surface area contributed by atoms with Gasteiger partial charge in [-0.1, -0.05) is 19.9 Å². The van der Waals surface area contributed by atoms with Crippen molar-refractivity contribution in [1.82, 2.24) is 10.6 Å². The van der Waals surface area contributed by atoms with Gasteiger partial charge >= 0.3 is 12.0 Å². The predicted octanol–water partition coefficient (Wildman–Crippen LogP) is 2.59. The normalized spacial score (nSPS) is 13.1. The van der Waals surface area contributed by atoms with Gasteiger partial charge < -0.3 is 10.1 Å². The van der Waals surface area contributed by atoms with Crippen LogP contribution in [0.3, 0.4) is 0 Å². The summed E-state index contributed by atoms with van der Waals surface area (Å²) >= 11 is 0. The van der Waals surface area contributed by atoms with Crippen LogP contribution >= 0.6 is 0 Å². The Labute approximate surface area is 148 Å². The van der Waals surface area contributed by atoms with Gasteiger partial charge in [-0.3, -0.25) is 10.1 Å². The first-order chi connectivity index (χ1) is 12.0. The lowest BCUT2D eigenvalue weighted by molar-refractivity contribution is -0.123. The molecule has 0 radical (unpaired) electrons. The highest BCUT2D eigenvalue weighted by Crippen LogP contribution is 2.22. The smallest absolute Gasteiger partial charge is 0.338 e. The molecular formula is C19H26N2O4. The number of nitrogens with one attached hydrogen (secondary N) is 2. The van der Waals surface area contributed by atoms with Crippen LogP contribution in [0, 0.1) is 5.92 Å². The lowest BCUT2D eigenvalue weighted by atomic mass is 9.90. The molecule has 0 aliphatic heterocycles. The van der Waals surface area contributed by atoms with E-state index in [4.69, 9.17) is 4.74 Å². The topological polar surface area (TPSA) is 84.5 Å². The number of imide groups is 1. The van der Waals surface area contributed by atoms with Gasteiger partial charge in [0, 0.05) is 6.54 Å². The molecule has 1 aromatic carbocycles. The number of fused-ring (bicyclic) bond motifs is 1. The number of hydrogen-bond donors (Lipinski definition) is 2. The standard InChI is InChI=1S/C19H26N2O4/c1-13(2)9-10-20-19(24)21-17(22)12-25-18(23)16-8-7-14-5-3-4-6-15(14)11-16/h7-8,11,13H,3-6,9-10,12H2,1-2H3,(H2,20,21,22,24). The average molecular weight is 346 g/mol. The summed E-state index contributed by atoms with van der Waals surface area (Å²) < 4.78 is 4.99. The fourth-order valence-corrected chi connectivity index (χ4v) is 2.76. The van der Waals surface area contributed by atoms with E-state index in [0.29, 0.717) is 18.0 Å². The largest absolute Gasteiger partial charge is 0.452 e. The van der Waals surface area contributed by atoms with Crippen LogP contribution in [-0.4, -0.2) is 31.1 Å². The van der Waals surface area contributed by atoms with E-state index in [2.05, 4.69) is 10.6 Å². The van der Waals surface area contributed by atoms with Gasteiger partial charge in [-0.05, 0) is 61.3 Å². The minimum Gasteiger partial charge on any atom is -0.452 e. The second-order valence-corrected chi connectivity index (χ2v) is 6.75. The minimum absolute atomic E-state index is 0.440. The Hall–Kier alpha value is -2.37. The number of carbonyl (C=O) groups is 3. The molecule has 0 bridgehead atoms. The van der Waals surface area contributed by atoms with E-state index in [0.717, 1.165) is 25.7 Å². The molecule has 0 unspecified atom stereocenters. The monoisotopic (exact) mass is 346 g/mol. The average Bonchev–Trinajstić information content (AvgIpc) is 2.58. The predicted molar refractivity (Wildman–Crippen MR) is 94.4 cm³/mol. The number of esters is 1. The number of aryl methyl sites for hydroxylation is 2. The number of carbonyl (C=O) groups excluding carboxylic acids is 3. The maximum atomic E-state index is 12.1. The Morgan fingerprint density at radius 2 is 1.84 bits per heavy atom. The second kappa shape index (κ2) is 9.20. The van der Waals surface area contributed by atoms with Crippen LogP contribution in [0.15, 0.2) is 18.2 Å². The molecule has 2 rings (SSSR count). The van der Waals surface area contributed by atoms with Crippen molar-refractivity contribution in [1.29, 1.82) is 0 Å². The Morgan fingerprint density at radius 1 is 1.12 bits per heavy atom. The quantitative estimate of drug-likeness (QED) is 0.776. The van der Waals surface area contributed by atoms with E-state index in [1.807, 2.05) is 26.0 Å². The maximum absolute atomic E-state index is 12.1. The lowest BCUT2D eigenvalue weighted by Gasteiger charge is -2.16. The van der Waals surface area contributed by atoms with Crippen LogP contribution in [0.25, 0.3) is 0 Å². The molecule has 1 aromatic rings. The molecule has 1 aliphatic carbocycles. The van der Waals surface area contributed by atoms with Crippen molar-refractivity contribution in [3.8, 4) is 0 Å². The summed E-state index contributed by atoms with van der Waals surface area (Å²) in [7, 11) is 0. The van der Waals surface area contributed by atoms with Crippen molar-refractivity contribution in [2.24, 2.45) is 5.92 Å². The van der Waals surface area contributed by atoms with Crippen molar-refractivity contribution >= 4 is 17.9 Å². The molecule has 2 N–H and O–H groups in total. The molecule has 0 heterocycles. The van der Waals surface area contributed by atoms with Gasteiger partial charge in [-0.15, -0.1) is 0 Å². The summed E-state index contributed by atoms with van der Waals surface area (Å²) in [5.74, 6) is -0.731. The molecule has 6 nitrogen and oxygen atoms in total. The van der Waals surface area contributed by atoms with Gasteiger partial charge in [0.1, 0.15) is 0 Å². The first-order valence-electron chi connectivity index (χ1n) is 8.82.